The molecule has 0 radical (unpaired) electrons. The number of aliphatic imine (C=N–C) groups is 1. The average Bonchev–Trinajstić information content (AvgIpc) is 2.61. The van der Waals surface area contributed by atoms with Crippen LogP contribution >= 0.6 is 0 Å². The SMILES string of the molecule is COc1cccc(C=Nc2ccc(NC(C)=O)cc2)c1O[C@@H](C)C(=O)O. The van der Waals surface area contributed by atoms with E-state index < -0.39 is 12.1 Å². The second-order valence-corrected chi connectivity index (χ2v) is 5.46. The number of nitrogens with one attached hydrogen (secondary N) is 1. The van der Waals surface area contributed by atoms with Crippen LogP contribution in [0.5, 0.6) is 11.5 Å². The Bertz CT molecular complexity index is 815. The van der Waals surface area contributed by atoms with Crippen LogP contribution in [-0.4, -0.2) is 36.4 Å². The van der Waals surface area contributed by atoms with E-state index in [0.717, 1.165) is 0 Å². The zero-order chi connectivity index (χ0) is 19.1. The number of rotatable bonds is 7. The Balaban J connectivity index is 2.26. The predicted molar refractivity (Wildman–Crippen MR) is 98.7 cm³/mol. The molecule has 7 nitrogen and oxygen atoms in total. The molecule has 1 atom stereocenters. The van der Waals surface area contributed by atoms with E-state index in [4.69, 9.17) is 14.6 Å². The highest BCUT2D eigenvalue weighted by Crippen LogP contribution is 2.31. The first-order valence-electron chi connectivity index (χ1n) is 7.89. The number of carboxylic acid groups (broad SMARTS) is 1. The van der Waals surface area contributed by atoms with Gasteiger partial charge in [0.15, 0.2) is 17.6 Å². The minimum absolute atomic E-state index is 0.146. The molecule has 0 aliphatic rings. The highest BCUT2D eigenvalue weighted by Gasteiger charge is 2.17. The Morgan fingerprint density at radius 3 is 2.46 bits per heavy atom. The standard InChI is InChI=1S/C19H20N2O5/c1-12(19(23)24)26-18-14(5-4-6-17(18)25-3)11-20-15-7-9-16(10-8-15)21-13(2)22/h4-12H,1-3H3,(H,21,22)(H,23,24)/t12-/m0/s1. The molecule has 136 valence electrons. The van der Waals surface area contributed by atoms with E-state index in [1.165, 1.54) is 21.0 Å². The van der Waals surface area contributed by atoms with E-state index in [2.05, 4.69) is 10.3 Å². The van der Waals surface area contributed by atoms with Gasteiger partial charge in [0.25, 0.3) is 0 Å². The van der Waals surface area contributed by atoms with Crippen LogP contribution in [0.3, 0.4) is 0 Å². The summed E-state index contributed by atoms with van der Waals surface area (Å²) in [5, 5.41) is 11.7. The fourth-order valence-electron chi connectivity index (χ4n) is 2.13. The van der Waals surface area contributed by atoms with Gasteiger partial charge in [0.1, 0.15) is 0 Å². The lowest BCUT2D eigenvalue weighted by molar-refractivity contribution is -0.144. The molecule has 26 heavy (non-hydrogen) atoms. The third kappa shape index (κ3) is 5.07. The molecule has 7 heteroatoms. The van der Waals surface area contributed by atoms with Crippen LogP contribution in [0.1, 0.15) is 19.4 Å². The number of nitrogens with zero attached hydrogens (tertiary/aromatic N) is 1. The predicted octanol–water partition coefficient (Wildman–Crippen LogP) is 3.26. The minimum atomic E-state index is -1.08. The third-order valence-electron chi connectivity index (χ3n) is 3.41. The molecule has 0 saturated carbocycles. The van der Waals surface area contributed by atoms with Gasteiger partial charge >= 0.3 is 5.97 Å². The molecular formula is C19H20N2O5. The summed E-state index contributed by atoms with van der Waals surface area (Å²) in [6.45, 7) is 2.88. The molecule has 2 aromatic rings. The van der Waals surface area contributed by atoms with Crippen LogP contribution in [0.4, 0.5) is 11.4 Å². The zero-order valence-electron chi connectivity index (χ0n) is 14.7. The molecule has 0 bridgehead atoms. The maximum Gasteiger partial charge on any atom is 0.344 e. The fourth-order valence-corrected chi connectivity index (χ4v) is 2.13. The number of hydrogen-bond donors (Lipinski definition) is 2. The molecule has 2 rings (SSSR count). The van der Waals surface area contributed by atoms with Crippen molar-refractivity contribution in [1.82, 2.24) is 0 Å². The first-order valence-corrected chi connectivity index (χ1v) is 7.89. The highest BCUT2D eigenvalue weighted by molar-refractivity contribution is 5.89. The number of aliphatic carboxylic acids is 1. The van der Waals surface area contributed by atoms with Gasteiger partial charge in [0.2, 0.25) is 5.91 Å². The smallest absolute Gasteiger partial charge is 0.344 e. The maximum absolute atomic E-state index is 11.1. The molecule has 0 spiro atoms. The summed E-state index contributed by atoms with van der Waals surface area (Å²) in [6, 6.07) is 12.2. The number of para-hydroxylation sites is 1. The number of carbonyl (C=O) groups excluding carboxylic acids is 1. The summed E-state index contributed by atoms with van der Waals surface area (Å²) < 4.78 is 10.8. The zero-order valence-corrected chi connectivity index (χ0v) is 14.7. The van der Waals surface area contributed by atoms with Crippen LogP contribution < -0.4 is 14.8 Å². The second kappa shape index (κ2) is 8.66. The number of carboxylic acids is 1. The molecule has 2 aromatic carbocycles. The topological polar surface area (TPSA) is 97.2 Å². The van der Waals surface area contributed by atoms with Crippen LogP contribution in [0.2, 0.25) is 0 Å². The van der Waals surface area contributed by atoms with Crippen LogP contribution in [0.15, 0.2) is 47.5 Å². The van der Waals surface area contributed by atoms with Gasteiger partial charge in [0, 0.05) is 24.4 Å². The van der Waals surface area contributed by atoms with Crippen molar-refractivity contribution in [2.45, 2.75) is 20.0 Å². The van der Waals surface area contributed by atoms with Gasteiger partial charge in [-0.1, -0.05) is 6.07 Å². The third-order valence-corrected chi connectivity index (χ3v) is 3.41. The lowest BCUT2D eigenvalue weighted by Gasteiger charge is -2.15. The Hall–Kier alpha value is -3.35. The van der Waals surface area contributed by atoms with Gasteiger partial charge in [0.05, 0.1) is 12.8 Å². The monoisotopic (exact) mass is 356 g/mol. The van der Waals surface area contributed by atoms with Crippen LogP contribution in [0.25, 0.3) is 0 Å². The summed E-state index contributed by atoms with van der Waals surface area (Å²) in [4.78, 5) is 26.5. The number of carbonyl (C=O) groups is 2. The molecule has 0 aliphatic heterocycles. The maximum atomic E-state index is 11.1. The van der Waals surface area contributed by atoms with Crippen molar-refractivity contribution in [2.75, 3.05) is 12.4 Å². The van der Waals surface area contributed by atoms with Gasteiger partial charge < -0.3 is 19.9 Å². The number of amides is 1. The molecule has 0 aliphatic carbocycles. The lowest BCUT2D eigenvalue weighted by atomic mass is 10.2. The molecular weight excluding hydrogens is 336 g/mol. The second-order valence-electron chi connectivity index (χ2n) is 5.46. The van der Waals surface area contributed by atoms with E-state index in [1.54, 1.807) is 48.7 Å². The van der Waals surface area contributed by atoms with E-state index >= 15 is 0 Å². The number of ether oxygens (including phenoxy) is 2. The van der Waals surface area contributed by atoms with E-state index in [0.29, 0.717) is 28.4 Å². The normalized spacial score (nSPS) is 11.8. The molecule has 0 aromatic heterocycles. The van der Waals surface area contributed by atoms with Crippen molar-refractivity contribution < 1.29 is 24.2 Å². The molecule has 0 unspecified atom stereocenters. The molecule has 0 heterocycles. The molecule has 2 N–H and O–H groups in total. The lowest BCUT2D eigenvalue weighted by Crippen LogP contribution is -2.23. The van der Waals surface area contributed by atoms with Gasteiger partial charge in [-0.15, -0.1) is 0 Å². The number of methoxy groups -OCH3 is 1. The summed E-state index contributed by atoms with van der Waals surface area (Å²) >= 11 is 0. The van der Waals surface area contributed by atoms with Crippen LogP contribution in [-0.2, 0) is 9.59 Å². The average molecular weight is 356 g/mol. The number of benzene rings is 2. The Morgan fingerprint density at radius 2 is 1.88 bits per heavy atom. The van der Waals surface area contributed by atoms with E-state index in [9.17, 15) is 9.59 Å². The van der Waals surface area contributed by atoms with Gasteiger partial charge in [-0.3, -0.25) is 9.79 Å². The van der Waals surface area contributed by atoms with Crippen molar-refractivity contribution in [3.05, 3.63) is 48.0 Å². The first-order chi connectivity index (χ1) is 12.4. The summed E-state index contributed by atoms with van der Waals surface area (Å²) in [5.74, 6) is -0.495. The highest BCUT2D eigenvalue weighted by atomic mass is 16.5. The van der Waals surface area contributed by atoms with Crippen LogP contribution in [0, 0.1) is 0 Å². The Labute approximate surface area is 151 Å². The first kappa shape index (κ1) is 19.0. The van der Waals surface area contributed by atoms with Crippen molar-refractivity contribution >= 4 is 29.5 Å². The minimum Gasteiger partial charge on any atom is -0.493 e. The quantitative estimate of drug-likeness (QED) is 0.742. The van der Waals surface area contributed by atoms with Crippen molar-refractivity contribution in [3.63, 3.8) is 0 Å². The van der Waals surface area contributed by atoms with Crippen molar-refractivity contribution in [3.8, 4) is 11.5 Å². The van der Waals surface area contributed by atoms with E-state index in [-0.39, 0.29) is 5.91 Å². The van der Waals surface area contributed by atoms with Crippen molar-refractivity contribution in [1.29, 1.82) is 0 Å². The van der Waals surface area contributed by atoms with Gasteiger partial charge in [-0.05, 0) is 43.3 Å². The van der Waals surface area contributed by atoms with Gasteiger partial charge in [-0.25, -0.2) is 4.79 Å². The Morgan fingerprint density at radius 1 is 1.19 bits per heavy atom. The van der Waals surface area contributed by atoms with Gasteiger partial charge in [-0.2, -0.15) is 0 Å². The van der Waals surface area contributed by atoms with E-state index in [1.807, 2.05) is 0 Å². The summed E-state index contributed by atoms with van der Waals surface area (Å²) in [5.41, 5.74) is 1.93. The Kier molecular flexibility index (Phi) is 6.32. The summed E-state index contributed by atoms with van der Waals surface area (Å²) in [6.07, 6.45) is 0.537. The molecule has 1 amide bonds. The molecule has 0 fully saturated rings. The number of anilines is 1. The fraction of sp³-hybridized carbons (Fsp3) is 0.211. The number of hydrogen-bond acceptors (Lipinski definition) is 5. The summed E-state index contributed by atoms with van der Waals surface area (Å²) in [7, 11) is 1.48. The van der Waals surface area contributed by atoms with Crippen molar-refractivity contribution in [2.24, 2.45) is 4.99 Å². The molecule has 0 saturated heterocycles. The largest absolute Gasteiger partial charge is 0.493 e.